The average Bonchev–Trinajstić information content (AvgIpc) is 3.12. The van der Waals surface area contributed by atoms with E-state index in [0.717, 1.165) is 24.0 Å². The number of nitrogens with one attached hydrogen (secondary N) is 2. The first kappa shape index (κ1) is 13.4. The Labute approximate surface area is 114 Å². The predicted molar refractivity (Wildman–Crippen MR) is 76.7 cm³/mol. The van der Waals surface area contributed by atoms with Crippen molar-refractivity contribution in [2.24, 2.45) is 10.9 Å². The van der Waals surface area contributed by atoms with E-state index in [4.69, 9.17) is 5.26 Å². The molecule has 2 N–H and O–H groups in total. The normalized spacial score (nSPS) is 21.6. The van der Waals surface area contributed by atoms with Crippen molar-refractivity contribution in [3.05, 3.63) is 35.4 Å². The van der Waals surface area contributed by atoms with E-state index < -0.39 is 0 Å². The van der Waals surface area contributed by atoms with Gasteiger partial charge in [0.25, 0.3) is 0 Å². The van der Waals surface area contributed by atoms with Gasteiger partial charge in [-0.25, -0.2) is 4.99 Å². The molecule has 0 heterocycles. The molecule has 0 spiro atoms. The van der Waals surface area contributed by atoms with Crippen molar-refractivity contribution in [1.82, 2.24) is 10.6 Å². The van der Waals surface area contributed by atoms with Crippen LogP contribution in [0.15, 0.2) is 29.3 Å². The van der Waals surface area contributed by atoms with E-state index in [9.17, 15) is 0 Å². The van der Waals surface area contributed by atoms with Gasteiger partial charge in [-0.3, -0.25) is 0 Å². The fourth-order valence-electron chi connectivity index (χ4n) is 1.87. The molecule has 0 bridgehead atoms. The third kappa shape index (κ3) is 3.99. The van der Waals surface area contributed by atoms with Crippen molar-refractivity contribution in [2.75, 3.05) is 6.54 Å². The Hall–Kier alpha value is -2.02. The molecule has 0 saturated heterocycles. The van der Waals surface area contributed by atoms with Crippen molar-refractivity contribution in [2.45, 2.75) is 32.9 Å². The molecule has 19 heavy (non-hydrogen) atoms. The highest BCUT2D eigenvalue weighted by Crippen LogP contribution is 2.28. The standard InChI is InChI=1S/C15H20N4/c1-3-17-15(19-14-8-11(14)2)18-10-13-6-4-12(9-16)5-7-13/h4-7,11,14H,3,8,10H2,1-2H3,(H2,17,18,19). The van der Waals surface area contributed by atoms with Crippen LogP contribution >= 0.6 is 0 Å². The maximum Gasteiger partial charge on any atom is 0.191 e. The number of hydrogen-bond acceptors (Lipinski definition) is 2. The number of guanidine groups is 1. The predicted octanol–water partition coefficient (Wildman–Crippen LogP) is 2.02. The molecule has 2 unspecified atom stereocenters. The van der Waals surface area contributed by atoms with E-state index >= 15 is 0 Å². The lowest BCUT2D eigenvalue weighted by atomic mass is 10.1. The van der Waals surface area contributed by atoms with Gasteiger partial charge < -0.3 is 10.6 Å². The third-order valence-electron chi connectivity index (χ3n) is 3.28. The minimum Gasteiger partial charge on any atom is -0.357 e. The summed E-state index contributed by atoms with van der Waals surface area (Å²) in [6.07, 6.45) is 1.22. The molecule has 2 rings (SSSR count). The number of benzene rings is 1. The zero-order valence-corrected chi connectivity index (χ0v) is 11.5. The quantitative estimate of drug-likeness (QED) is 0.640. The molecule has 4 nitrogen and oxygen atoms in total. The second-order valence-electron chi connectivity index (χ2n) is 4.97. The minimum atomic E-state index is 0.568. The summed E-state index contributed by atoms with van der Waals surface area (Å²) >= 11 is 0. The lowest BCUT2D eigenvalue weighted by molar-refractivity contribution is 0.766. The molecular weight excluding hydrogens is 236 g/mol. The molecule has 4 heteroatoms. The van der Waals surface area contributed by atoms with Gasteiger partial charge in [-0.1, -0.05) is 19.1 Å². The summed E-state index contributed by atoms with van der Waals surface area (Å²) in [6, 6.07) is 10.2. The Balaban J connectivity index is 1.94. The average molecular weight is 256 g/mol. The first-order chi connectivity index (χ1) is 9.22. The molecule has 1 aliphatic rings. The van der Waals surface area contributed by atoms with Crippen LogP contribution in [0.3, 0.4) is 0 Å². The summed E-state index contributed by atoms with van der Waals surface area (Å²) in [5.74, 6) is 1.62. The molecule has 0 aliphatic heterocycles. The van der Waals surface area contributed by atoms with Gasteiger partial charge in [-0.05, 0) is 37.0 Å². The monoisotopic (exact) mass is 256 g/mol. The Morgan fingerprint density at radius 3 is 2.63 bits per heavy atom. The van der Waals surface area contributed by atoms with Gasteiger partial charge in [-0.15, -0.1) is 0 Å². The molecular formula is C15H20N4. The van der Waals surface area contributed by atoms with Gasteiger partial charge >= 0.3 is 0 Å². The second-order valence-corrected chi connectivity index (χ2v) is 4.97. The molecule has 1 aromatic rings. The maximum absolute atomic E-state index is 8.75. The van der Waals surface area contributed by atoms with E-state index in [0.29, 0.717) is 18.2 Å². The van der Waals surface area contributed by atoms with Crippen molar-refractivity contribution < 1.29 is 0 Å². The molecule has 0 radical (unpaired) electrons. The zero-order valence-electron chi connectivity index (χ0n) is 11.5. The lowest BCUT2D eigenvalue weighted by Gasteiger charge is -2.10. The van der Waals surface area contributed by atoms with Crippen LogP contribution in [0.25, 0.3) is 0 Å². The zero-order chi connectivity index (χ0) is 13.7. The Kier molecular flexibility index (Phi) is 4.40. The van der Waals surface area contributed by atoms with E-state index in [1.54, 1.807) is 0 Å². The minimum absolute atomic E-state index is 0.568. The maximum atomic E-state index is 8.75. The van der Waals surface area contributed by atoms with Gasteiger partial charge in [0.2, 0.25) is 0 Å². The summed E-state index contributed by atoms with van der Waals surface area (Å²) in [4.78, 5) is 4.57. The first-order valence-electron chi connectivity index (χ1n) is 6.76. The van der Waals surface area contributed by atoms with Crippen molar-refractivity contribution >= 4 is 5.96 Å². The highest BCUT2D eigenvalue weighted by atomic mass is 15.2. The topological polar surface area (TPSA) is 60.2 Å². The number of aliphatic imine (C=N–C) groups is 1. The van der Waals surface area contributed by atoms with Crippen LogP contribution in [0, 0.1) is 17.2 Å². The number of hydrogen-bond donors (Lipinski definition) is 2. The number of nitrogens with zero attached hydrogens (tertiary/aromatic N) is 2. The van der Waals surface area contributed by atoms with Gasteiger partial charge in [0.05, 0.1) is 18.2 Å². The molecule has 1 aliphatic carbocycles. The highest BCUT2D eigenvalue weighted by molar-refractivity contribution is 5.80. The van der Waals surface area contributed by atoms with Crippen LogP contribution in [0.2, 0.25) is 0 Å². The van der Waals surface area contributed by atoms with E-state index in [2.05, 4.69) is 35.5 Å². The second kappa shape index (κ2) is 6.24. The molecule has 1 aromatic carbocycles. The summed E-state index contributed by atoms with van der Waals surface area (Å²) in [5, 5.41) is 15.4. The van der Waals surface area contributed by atoms with Crippen molar-refractivity contribution in [3.63, 3.8) is 0 Å². The van der Waals surface area contributed by atoms with E-state index in [1.165, 1.54) is 6.42 Å². The summed E-state index contributed by atoms with van der Waals surface area (Å²) < 4.78 is 0. The third-order valence-corrected chi connectivity index (χ3v) is 3.28. The van der Waals surface area contributed by atoms with Crippen LogP contribution in [-0.4, -0.2) is 18.5 Å². The Morgan fingerprint density at radius 2 is 2.11 bits per heavy atom. The van der Waals surface area contributed by atoms with Crippen molar-refractivity contribution in [3.8, 4) is 6.07 Å². The molecule has 100 valence electrons. The van der Waals surface area contributed by atoms with Crippen molar-refractivity contribution in [1.29, 1.82) is 5.26 Å². The molecule has 1 saturated carbocycles. The summed E-state index contributed by atoms with van der Waals surface area (Å²) in [7, 11) is 0. The molecule has 0 aromatic heterocycles. The van der Waals surface area contributed by atoms with Gasteiger partial charge in [0, 0.05) is 12.6 Å². The fourth-order valence-corrected chi connectivity index (χ4v) is 1.87. The number of rotatable bonds is 4. The van der Waals surface area contributed by atoms with Crippen LogP contribution < -0.4 is 10.6 Å². The molecule has 0 amide bonds. The largest absolute Gasteiger partial charge is 0.357 e. The summed E-state index contributed by atoms with van der Waals surface area (Å²) in [6.45, 7) is 5.79. The van der Waals surface area contributed by atoms with Crippen LogP contribution in [0.5, 0.6) is 0 Å². The SMILES string of the molecule is CCNC(=NCc1ccc(C#N)cc1)NC1CC1C. The lowest BCUT2D eigenvalue weighted by Crippen LogP contribution is -2.39. The Morgan fingerprint density at radius 1 is 1.42 bits per heavy atom. The van der Waals surface area contributed by atoms with Crippen LogP contribution in [-0.2, 0) is 6.54 Å². The van der Waals surface area contributed by atoms with Gasteiger partial charge in [-0.2, -0.15) is 5.26 Å². The van der Waals surface area contributed by atoms with Crippen LogP contribution in [0.1, 0.15) is 31.4 Å². The van der Waals surface area contributed by atoms with Gasteiger partial charge in [0.15, 0.2) is 5.96 Å². The number of nitriles is 1. The van der Waals surface area contributed by atoms with Gasteiger partial charge in [0.1, 0.15) is 0 Å². The fraction of sp³-hybridized carbons (Fsp3) is 0.467. The smallest absolute Gasteiger partial charge is 0.191 e. The van der Waals surface area contributed by atoms with Crippen LogP contribution in [0.4, 0.5) is 0 Å². The molecule has 2 atom stereocenters. The first-order valence-corrected chi connectivity index (χ1v) is 6.76. The van der Waals surface area contributed by atoms with E-state index in [-0.39, 0.29) is 0 Å². The van der Waals surface area contributed by atoms with E-state index in [1.807, 2.05) is 24.3 Å². The highest BCUT2D eigenvalue weighted by Gasteiger charge is 2.33. The molecule has 1 fully saturated rings. The Bertz CT molecular complexity index is 484. The summed E-state index contributed by atoms with van der Waals surface area (Å²) in [5.41, 5.74) is 1.80.